The third-order valence-corrected chi connectivity index (χ3v) is 4.98. The summed E-state index contributed by atoms with van der Waals surface area (Å²) in [6.07, 6.45) is 5.99. The van der Waals surface area contributed by atoms with Crippen LogP contribution in [0.25, 0.3) is 0 Å². The Morgan fingerprint density at radius 1 is 0.722 bits per heavy atom. The van der Waals surface area contributed by atoms with Gasteiger partial charge in [0.2, 0.25) is 0 Å². The molecule has 1 unspecified atom stereocenters. The lowest BCUT2D eigenvalue weighted by Gasteiger charge is -2.24. The second-order valence-electron chi connectivity index (χ2n) is 8.69. The lowest BCUT2D eigenvalue weighted by molar-refractivity contribution is 0.409. The average Bonchev–Trinajstić information content (AvgIpc) is 2.90. The van der Waals surface area contributed by atoms with E-state index in [1.165, 1.54) is 36.0 Å². The Morgan fingerprint density at radius 3 is 1.31 bits per heavy atom. The first-order chi connectivity index (χ1) is 16.9. The second-order valence-corrected chi connectivity index (χ2v) is 8.69. The van der Waals surface area contributed by atoms with Crippen LogP contribution in [0.4, 0.5) is 0 Å². The zero-order chi connectivity index (χ0) is 30.9. The Kier molecular flexibility index (Phi) is 63.4. The van der Waals surface area contributed by atoms with Crippen LogP contribution in [0.3, 0.4) is 0 Å². The van der Waals surface area contributed by atoms with Crippen molar-refractivity contribution in [2.45, 2.75) is 156 Å². The Morgan fingerprint density at radius 2 is 1.06 bits per heavy atom. The maximum atomic E-state index is 6.34. The lowest BCUT2D eigenvalue weighted by Crippen LogP contribution is -2.27. The predicted molar refractivity (Wildman–Crippen MR) is 178 cm³/mol. The van der Waals surface area contributed by atoms with Gasteiger partial charge in [-0.1, -0.05) is 159 Å². The first kappa shape index (κ1) is 51.7. The Labute approximate surface area is 234 Å². The van der Waals surface area contributed by atoms with Gasteiger partial charge in [0.25, 0.3) is 0 Å². The summed E-state index contributed by atoms with van der Waals surface area (Å²) in [7, 11) is 4.20. The summed E-state index contributed by atoms with van der Waals surface area (Å²) < 4.78 is 0. The first-order valence-electron chi connectivity index (χ1n) is 15.3. The smallest absolute Gasteiger partial charge is 0.0469 e. The summed E-state index contributed by atoms with van der Waals surface area (Å²) in [5.74, 6) is 0.916. The lowest BCUT2D eigenvalue weighted by atomic mass is 9.85. The SMILES string of the molecule is C=C(CCN(C)C)C[C@@H](C)/C(C)=C(\C)C(N)C(=C)C(C)C.CC.CC.CC.CC.CCC.CCCC. The predicted octanol–water partition coefficient (Wildman–Crippen LogP) is 11.7. The van der Waals surface area contributed by atoms with E-state index in [0.717, 1.165) is 25.0 Å². The average molecular weight is 515 g/mol. The van der Waals surface area contributed by atoms with Gasteiger partial charge >= 0.3 is 0 Å². The van der Waals surface area contributed by atoms with Crippen LogP contribution < -0.4 is 5.73 Å². The molecule has 0 saturated carbocycles. The van der Waals surface area contributed by atoms with Crippen molar-refractivity contribution < 1.29 is 0 Å². The van der Waals surface area contributed by atoms with Crippen LogP contribution in [-0.4, -0.2) is 31.6 Å². The number of unbranched alkanes of at least 4 members (excludes halogenated alkanes) is 1. The van der Waals surface area contributed by atoms with E-state index in [1.807, 2.05) is 55.4 Å². The summed E-state index contributed by atoms with van der Waals surface area (Å²) in [4.78, 5) is 2.20. The van der Waals surface area contributed by atoms with Gasteiger partial charge in [0.15, 0.2) is 0 Å². The number of allylic oxidation sites excluding steroid dienone is 1. The van der Waals surface area contributed by atoms with Crippen LogP contribution in [0.15, 0.2) is 35.5 Å². The number of nitrogens with zero attached hydrogens (tertiary/aromatic N) is 1. The van der Waals surface area contributed by atoms with Gasteiger partial charge in [0, 0.05) is 12.6 Å². The highest BCUT2D eigenvalue weighted by Gasteiger charge is 2.17. The van der Waals surface area contributed by atoms with Gasteiger partial charge < -0.3 is 10.6 Å². The molecule has 0 saturated heterocycles. The highest BCUT2D eigenvalue weighted by molar-refractivity contribution is 5.28. The van der Waals surface area contributed by atoms with Gasteiger partial charge in [0.1, 0.15) is 0 Å². The molecule has 36 heavy (non-hydrogen) atoms. The number of hydrogen-bond acceptors (Lipinski definition) is 2. The van der Waals surface area contributed by atoms with Gasteiger partial charge in [0.05, 0.1) is 0 Å². The Bertz CT molecular complexity index is 428. The van der Waals surface area contributed by atoms with Crippen molar-refractivity contribution in [2.75, 3.05) is 20.6 Å². The molecule has 0 aliphatic rings. The third-order valence-electron chi connectivity index (χ3n) is 4.98. The molecular formula is C34H78N2. The minimum absolute atomic E-state index is 0.0255. The van der Waals surface area contributed by atoms with Gasteiger partial charge in [-0.3, -0.25) is 0 Å². The molecule has 0 radical (unpaired) electrons. The highest BCUT2D eigenvalue weighted by Crippen LogP contribution is 2.26. The summed E-state index contributed by atoms with van der Waals surface area (Å²) >= 11 is 0. The van der Waals surface area contributed by atoms with E-state index < -0.39 is 0 Å². The molecule has 0 heterocycles. The molecule has 0 fully saturated rings. The molecular weight excluding hydrogens is 436 g/mol. The standard InChI is InChI=1S/C19H36N2.C4H10.C3H8.4C2H6/c1-13(2)16(5)19(20)18(7)17(6)15(4)12-14(3)10-11-21(8)9;1-3-4-2;1-3-2;4*1-2/h13,15,19H,3,5,10-12,20H2,1-2,4,6-9H3;3-4H2,1-2H3;3H2,1-2H3;4*1-2H3/b18-17+;;;;;;/t15-,19?;;;;;;/m1....../s1. The van der Waals surface area contributed by atoms with Crippen molar-refractivity contribution in [3.63, 3.8) is 0 Å². The molecule has 0 aliphatic heterocycles. The molecule has 0 aromatic rings. The topological polar surface area (TPSA) is 29.3 Å². The number of nitrogens with two attached hydrogens (primary N) is 1. The van der Waals surface area contributed by atoms with Crippen LogP contribution in [-0.2, 0) is 0 Å². The third kappa shape index (κ3) is 40.3. The summed E-state index contributed by atoms with van der Waals surface area (Å²) in [5, 5.41) is 0. The van der Waals surface area contributed by atoms with E-state index in [-0.39, 0.29) is 6.04 Å². The van der Waals surface area contributed by atoms with Gasteiger partial charge in [-0.25, -0.2) is 0 Å². The molecule has 0 bridgehead atoms. The van der Waals surface area contributed by atoms with E-state index in [9.17, 15) is 0 Å². The molecule has 2 nitrogen and oxygen atoms in total. The Hall–Kier alpha value is -0.860. The van der Waals surface area contributed by atoms with E-state index in [4.69, 9.17) is 5.73 Å². The fourth-order valence-electron chi connectivity index (χ4n) is 2.34. The van der Waals surface area contributed by atoms with Crippen molar-refractivity contribution in [2.24, 2.45) is 17.6 Å². The van der Waals surface area contributed by atoms with Crippen molar-refractivity contribution in [3.8, 4) is 0 Å². The maximum Gasteiger partial charge on any atom is 0.0469 e. The molecule has 0 rings (SSSR count). The van der Waals surface area contributed by atoms with Gasteiger partial charge in [-0.15, -0.1) is 0 Å². The van der Waals surface area contributed by atoms with E-state index >= 15 is 0 Å². The minimum Gasteiger partial charge on any atom is -0.321 e. The largest absolute Gasteiger partial charge is 0.321 e. The summed E-state index contributed by atoms with van der Waals surface area (Å²) in [5.41, 5.74) is 11.4. The van der Waals surface area contributed by atoms with Crippen molar-refractivity contribution in [1.29, 1.82) is 0 Å². The van der Waals surface area contributed by atoms with Crippen molar-refractivity contribution >= 4 is 0 Å². The zero-order valence-corrected chi connectivity index (χ0v) is 29.4. The summed E-state index contributed by atoms with van der Waals surface area (Å²) in [6.45, 7) is 45.0. The summed E-state index contributed by atoms with van der Waals surface area (Å²) in [6, 6.07) is -0.0255. The van der Waals surface area contributed by atoms with Crippen LogP contribution in [0.2, 0.25) is 0 Å². The quantitative estimate of drug-likeness (QED) is 0.294. The second kappa shape index (κ2) is 44.2. The molecule has 0 amide bonds. The van der Waals surface area contributed by atoms with E-state index in [1.54, 1.807) is 0 Å². The van der Waals surface area contributed by atoms with Crippen molar-refractivity contribution in [1.82, 2.24) is 4.90 Å². The first-order valence-corrected chi connectivity index (χ1v) is 15.3. The minimum atomic E-state index is -0.0255. The van der Waals surface area contributed by atoms with E-state index in [0.29, 0.717) is 11.8 Å². The molecule has 2 atom stereocenters. The number of hydrogen-bond donors (Lipinski definition) is 1. The fraction of sp³-hybridized carbons (Fsp3) is 0.824. The highest BCUT2D eigenvalue weighted by atomic mass is 15.0. The van der Waals surface area contributed by atoms with Crippen molar-refractivity contribution in [3.05, 3.63) is 35.5 Å². The number of rotatable bonds is 10. The monoisotopic (exact) mass is 515 g/mol. The Balaban J connectivity index is -0.0000000931. The van der Waals surface area contributed by atoms with Gasteiger partial charge in [-0.2, -0.15) is 0 Å². The molecule has 0 aromatic carbocycles. The van der Waals surface area contributed by atoms with Gasteiger partial charge in [-0.05, 0) is 52.6 Å². The molecule has 0 aliphatic carbocycles. The van der Waals surface area contributed by atoms with Crippen LogP contribution >= 0.6 is 0 Å². The molecule has 224 valence electrons. The molecule has 2 heteroatoms. The van der Waals surface area contributed by atoms with Crippen LogP contribution in [0, 0.1) is 11.8 Å². The zero-order valence-electron chi connectivity index (χ0n) is 29.4. The molecule has 0 spiro atoms. The van der Waals surface area contributed by atoms with Crippen LogP contribution in [0.1, 0.15) is 150 Å². The molecule has 2 N–H and O–H groups in total. The van der Waals surface area contributed by atoms with Crippen LogP contribution in [0.5, 0.6) is 0 Å². The normalized spacial score (nSPS) is 11.3. The fourth-order valence-corrected chi connectivity index (χ4v) is 2.34. The molecule has 0 aromatic heterocycles. The van der Waals surface area contributed by atoms with E-state index in [2.05, 4.69) is 94.5 Å². The maximum absolute atomic E-state index is 6.34.